The van der Waals surface area contributed by atoms with E-state index < -0.39 is 21.8 Å². The van der Waals surface area contributed by atoms with E-state index in [9.17, 15) is 0 Å². The van der Waals surface area contributed by atoms with Crippen LogP contribution in [0.1, 0.15) is 19.4 Å². The first-order chi connectivity index (χ1) is 10.8. The van der Waals surface area contributed by atoms with Gasteiger partial charge in [-0.3, -0.25) is 0 Å². The molecule has 0 amide bonds. The fourth-order valence-electron chi connectivity index (χ4n) is 1.84. The van der Waals surface area contributed by atoms with Crippen LogP contribution in [0.4, 0.5) is 0 Å². The van der Waals surface area contributed by atoms with Crippen molar-refractivity contribution < 1.29 is 28.3 Å². The number of nitrogens with zero attached hydrogens (tertiary/aromatic N) is 1. The van der Waals surface area contributed by atoms with Gasteiger partial charge in [0, 0.05) is 34.5 Å². The van der Waals surface area contributed by atoms with Crippen molar-refractivity contribution in [3.05, 3.63) is 47.7 Å². The molecule has 0 saturated carbocycles. The zero-order valence-corrected chi connectivity index (χ0v) is 14.6. The van der Waals surface area contributed by atoms with Gasteiger partial charge >= 0.3 is 0 Å². The number of rotatable bonds is 2. The monoisotopic (exact) mass is 453 g/mol. The first kappa shape index (κ1) is 9.22. The Hall–Kier alpha value is -0.764. The summed E-state index contributed by atoms with van der Waals surface area (Å²) in [6, 6.07) is 9.11. The maximum Gasteiger partial charge on any atom is 0.0798 e. The van der Waals surface area contributed by atoms with Crippen LogP contribution in [0.2, 0.25) is 19.6 Å². The van der Waals surface area contributed by atoms with Crippen LogP contribution in [-0.2, 0) is 20.1 Å². The van der Waals surface area contributed by atoms with Gasteiger partial charge in [0.2, 0.25) is 0 Å². The fraction of sp³-hybridized carbons (Fsp3) is 0.312. The summed E-state index contributed by atoms with van der Waals surface area (Å²) in [7, 11) is -1.91. The molecule has 0 N–H and O–H groups in total. The molecule has 2 rings (SSSR count). The summed E-state index contributed by atoms with van der Waals surface area (Å²) in [6.45, 7) is 1.58. The third-order valence-corrected chi connectivity index (χ3v) is 4.84. The fourth-order valence-corrected chi connectivity index (χ4v) is 3.17. The summed E-state index contributed by atoms with van der Waals surface area (Å²) in [5.41, 5.74) is 1.02. The van der Waals surface area contributed by atoms with Gasteiger partial charge in [0.15, 0.2) is 0 Å². The summed E-state index contributed by atoms with van der Waals surface area (Å²) in [5.74, 6) is 0. The van der Waals surface area contributed by atoms with Crippen LogP contribution in [0.5, 0.6) is 0 Å². The molecule has 1 nitrogen and oxygen atoms in total. The van der Waals surface area contributed by atoms with Crippen LogP contribution in [0.25, 0.3) is 11.3 Å². The van der Waals surface area contributed by atoms with Gasteiger partial charge in [-0.2, -0.15) is 0 Å². The normalized spacial score (nSPS) is 17.0. The van der Waals surface area contributed by atoms with Gasteiger partial charge in [-0.25, -0.2) is 0 Å². The third-order valence-electron chi connectivity index (χ3n) is 2.82. The molecule has 0 bridgehead atoms. The van der Waals surface area contributed by atoms with Crippen molar-refractivity contribution in [2.45, 2.75) is 33.3 Å². The van der Waals surface area contributed by atoms with Crippen LogP contribution < -0.4 is 5.19 Å². The molecule has 0 saturated heterocycles. The molecule has 103 valence electrons. The van der Waals surface area contributed by atoms with Crippen LogP contribution in [-0.4, -0.2) is 13.1 Å². The standard InChI is InChI=1S/C16H20NSi.Ir/c1-12-8-6-7-9-14(12)15-10-13(2)16(11-17-15)18(3,4)5;/h6-8,10-11H,1-5H3;/q-1;/i1D3,2D3;. The summed E-state index contributed by atoms with van der Waals surface area (Å²) in [6.07, 6.45) is 1.59. The summed E-state index contributed by atoms with van der Waals surface area (Å²) >= 11 is 0. The van der Waals surface area contributed by atoms with Gasteiger partial charge < -0.3 is 4.98 Å². The molecule has 1 aromatic carbocycles. The van der Waals surface area contributed by atoms with Gasteiger partial charge in [0.25, 0.3) is 0 Å². The van der Waals surface area contributed by atoms with Crippen LogP contribution in [0.15, 0.2) is 30.5 Å². The zero-order valence-electron chi connectivity index (χ0n) is 17.2. The quantitative estimate of drug-likeness (QED) is 0.500. The summed E-state index contributed by atoms with van der Waals surface area (Å²) < 4.78 is 46.5. The van der Waals surface area contributed by atoms with E-state index >= 15 is 0 Å². The average Bonchev–Trinajstić information content (AvgIpc) is 2.44. The topological polar surface area (TPSA) is 12.9 Å². The molecule has 0 aliphatic heterocycles. The summed E-state index contributed by atoms with van der Waals surface area (Å²) in [4.78, 5) is 4.37. The number of hydrogen-bond donors (Lipinski definition) is 0. The van der Waals surface area contributed by atoms with Gasteiger partial charge in [-0.15, -0.1) is 35.4 Å². The smallest absolute Gasteiger partial charge is 0.0798 e. The second-order valence-electron chi connectivity index (χ2n) is 5.32. The first-order valence-electron chi connectivity index (χ1n) is 8.84. The van der Waals surface area contributed by atoms with Crippen molar-refractivity contribution in [1.29, 1.82) is 0 Å². The Morgan fingerprint density at radius 3 is 2.58 bits per heavy atom. The van der Waals surface area contributed by atoms with E-state index in [1.54, 1.807) is 18.3 Å². The number of hydrogen-bond acceptors (Lipinski definition) is 1. The minimum atomic E-state index is -2.31. The van der Waals surface area contributed by atoms with E-state index in [2.05, 4.69) is 30.7 Å². The van der Waals surface area contributed by atoms with Crippen LogP contribution >= 0.6 is 0 Å². The van der Waals surface area contributed by atoms with E-state index in [0.29, 0.717) is 11.3 Å². The van der Waals surface area contributed by atoms with Gasteiger partial charge in [0.05, 0.1) is 8.07 Å². The number of benzene rings is 1. The maximum atomic E-state index is 7.84. The minimum Gasteiger partial charge on any atom is -0.305 e. The molecule has 3 heteroatoms. The zero-order chi connectivity index (χ0) is 18.3. The first-order valence-corrected chi connectivity index (χ1v) is 9.34. The van der Waals surface area contributed by atoms with E-state index in [4.69, 9.17) is 8.22 Å². The molecular formula is C16H20IrNSi-. The Kier molecular flexibility index (Phi) is 2.97. The Balaban J connectivity index is 0.00000312. The number of aryl methyl sites for hydroxylation is 2. The summed E-state index contributed by atoms with van der Waals surface area (Å²) in [5, 5.41) is 0.762. The third kappa shape index (κ3) is 3.62. The van der Waals surface area contributed by atoms with Gasteiger partial charge in [-0.1, -0.05) is 38.1 Å². The average molecular weight is 453 g/mol. The van der Waals surface area contributed by atoms with Crippen LogP contribution in [0, 0.1) is 19.8 Å². The van der Waals surface area contributed by atoms with Crippen molar-refractivity contribution in [2.75, 3.05) is 0 Å². The number of pyridine rings is 1. The second kappa shape index (κ2) is 6.13. The maximum absolute atomic E-state index is 7.84. The van der Waals surface area contributed by atoms with E-state index in [1.807, 2.05) is 0 Å². The molecular weight excluding hydrogens is 426 g/mol. The van der Waals surface area contributed by atoms with Crippen molar-refractivity contribution in [3.63, 3.8) is 0 Å². The van der Waals surface area contributed by atoms with Crippen molar-refractivity contribution in [2.24, 2.45) is 0 Å². The second-order valence-corrected chi connectivity index (χ2v) is 10.4. The van der Waals surface area contributed by atoms with E-state index in [0.717, 1.165) is 5.19 Å². The molecule has 0 aliphatic carbocycles. The van der Waals surface area contributed by atoms with E-state index in [-0.39, 0.29) is 31.2 Å². The Morgan fingerprint density at radius 2 is 1.95 bits per heavy atom. The Morgan fingerprint density at radius 1 is 1.21 bits per heavy atom. The molecule has 0 fully saturated rings. The molecule has 0 aliphatic rings. The van der Waals surface area contributed by atoms with Crippen LogP contribution in [0.3, 0.4) is 0 Å². The molecule has 19 heavy (non-hydrogen) atoms. The Bertz CT molecular complexity index is 750. The van der Waals surface area contributed by atoms with Crippen molar-refractivity contribution in [1.82, 2.24) is 4.98 Å². The predicted octanol–water partition coefficient (Wildman–Crippen LogP) is 3.71. The molecule has 0 atom stereocenters. The van der Waals surface area contributed by atoms with Gasteiger partial charge in [0.1, 0.15) is 0 Å². The van der Waals surface area contributed by atoms with E-state index in [1.165, 1.54) is 12.1 Å². The molecule has 1 radical (unpaired) electrons. The number of aromatic nitrogens is 1. The van der Waals surface area contributed by atoms with Gasteiger partial charge in [-0.05, 0) is 17.7 Å². The SMILES string of the molecule is [2H]C([2H])([2H])c1ccc[c-]c1-c1cc(C([2H])([2H])[2H])c([Si](C)(C)C)cn1.[Ir]. The molecule has 1 heterocycles. The molecule has 1 aromatic heterocycles. The molecule has 2 aromatic rings. The van der Waals surface area contributed by atoms with Crippen molar-refractivity contribution in [3.8, 4) is 11.3 Å². The molecule has 0 unspecified atom stereocenters. The largest absolute Gasteiger partial charge is 0.305 e. The minimum absolute atomic E-state index is 0. The molecule has 0 spiro atoms. The Labute approximate surface area is 139 Å². The predicted molar refractivity (Wildman–Crippen MR) is 81.0 cm³/mol. The van der Waals surface area contributed by atoms with Crippen molar-refractivity contribution >= 4 is 13.3 Å².